The van der Waals surface area contributed by atoms with Crippen molar-refractivity contribution in [3.05, 3.63) is 17.5 Å². The van der Waals surface area contributed by atoms with Crippen molar-refractivity contribution < 1.29 is 0 Å². The number of likely N-dealkylation sites (tertiary alicyclic amines) is 1. The summed E-state index contributed by atoms with van der Waals surface area (Å²) in [6.45, 7) is 11.1. The van der Waals surface area contributed by atoms with Gasteiger partial charge in [0.25, 0.3) is 0 Å². The Labute approximate surface area is 117 Å². The number of nitrogens with one attached hydrogen (secondary N) is 1. The molecular weight excluding hydrogens is 236 g/mol. The van der Waals surface area contributed by atoms with E-state index < -0.39 is 0 Å². The zero-order valence-electron chi connectivity index (χ0n) is 12.8. The van der Waals surface area contributed by atoms with Crippen molar-refractivity contribution in [2.45, 2.75) is 46.2 Å². The van der Waals surface area contributed by atoms with Gasteiger partial charge in [-0.1, -0.05) is 6.92 Å². The molecule has 19 heavy (non-hydrogen) atoms. The lowest BCUT2D eigenvalue weighted by Gasteiger charge is -2.36. The van der Waals surface area contributed by atoms with Gasteiger partial charge in [0.2, 0.25) is 0 Å². The third-order valence-corrected chi connectivity index (χ3v) is 4.26. The van der Waals surface area contributed by atoms with E-state index in [1.165, 1.54) is 31.6 Å². The van der Waals surface area contributed by atoms with Gasteiger partial charge in [-0.3, -0.25) is 9.58 Å². The Morgan fingerprint density at radius 2 is 2.32 bits per heavy atom. The van der Waals surface area contributed by atoms with Crippen LogP contribution in [0, 0.1) is 12.8 Å². The molecule has 1 aromatic rings. The third kappa shape index (κ3) is 3.80. The van der Waals surface area contributed by atoms with Crippen LogP contribution in [0.5, 0.6) is 0 Å². The monoisotopic (exact) mass is 264 g/mol. The van der Waals surface area contributed by atoms with Crippen LogP contribution in [0.1, 0.15) is 38.1 Å². The number of hydrogen-bond acceptors (Lipinski definition) is 3. The minimum absolute atomic E-state index is 0.626. The van der Waals surface area contributed by atoms with E-state index in [0.717, 1.165) is 24.7 Å². The molecule has 0 amide bonds. The quantitative estimate of drug-likeness (QED) is 0.882. The molecule has 0 radical (unpaired) electrons. The Balaban J connectivity index is 1.92. The summed E-state index contributed by atoms with van der Waals surface area (Å²) in [5.41, 5.74) is 2.45. The standard InChI is InChI=1S/C15H28N4/c1-5-16-13(3)14-7-6-8-19(10-14)11-15-9-12(2)17-18(15)4/h9,13-14,16H,5-8,10-11H2,1-4H3. The number of nitrogens with zero attached hydrogens (tertiary/aromatic N) is 3. The molecule has 0 saturated carbocycles. The zero-order valence-corrected chi connectivity index (χ0v) is 12.8. The van der Waals surface area contributed by atoms with E-state index in [0.29, 0.717) is 6.04 Å². The van der Waals surface area contributed by atoms with Gasteiger partial charge in [-0.2, -0.15) is 5.10 Å². The minimum Gasteiger partial charge on any atom is -0.314 e. The molecule has 108 valence electrons. The molecule has 4 heteroatoms. The maximum absolute atomic E-state index is 4.44. The summed E-state index contributed by atoms with van der Waals surface area (Å²) in [6, 6.07) is 2.83. The summed E-state index contributed by atoms with van der Waals surface area (Å²) in [6.07, 6.45) is 2.67. The van der Waals surface area contributed by atoms with Gasteiger partial charge in [0.1, 0.15) is 0 Å². The first-order valence-electron chi connectivity index (χ1n) is 7.55. The van der Waals surface area contributed by atoms with Gasteiger partial charge < -0.3 is 5.32 Å². The maximum atomic E-state index is 4.44. The lowest BCUT2D eigenvalue weighted by atomic mass is 9.91. The number of aromatic nitrogens is 2. The molecule has 2 atom stereocenters. The highest BCUT2D eigenvalue weighted by Gasteiger charge is 2.24. The van der Waals surface area contributed by atoms with Gasteiger partial charge in [0, 0.05) is 26.2 Å². The molecule has 1 N–H and O–H groups in total. The molecule has 4 nitrogen and oxygen atoms in total. The fraction of sp³-hybridized carbons (Fsp3) is 0.800. The van der Waals surface area contributed by atoms with Crippen LogP contribution in [0.2, 0.25) is 0 Å². The van der Waals surface area contributed by atoms with E-state index in [1.54, 1.807) is 0 Å². The fourth-order valence-electron chi connectivity index (χ4n) is 3.17. The maximum Gasteiger partial charge on any atom is 0.0597 e. The first-order valence-corrected chi connectivity index (χ1v) is 7.55. The van der Waals surface area contributed by atoms with E-state index >= 15 is 0 Å². The second-order valence-electron chi connectivity index (χ2n) is 5.88. The summed E-state index contributed by atoms with van der Waals surface area (Å²) < 4.78 is 2.02. The van der Waals surface area contributed by atoms with Crippen LogP contribution >= 0.6 is 0 Å². The van der Waals surface area contributed by atoms with Crippen molar-refractivity contribution in [1.82, 2.24) is 20.0 Å². The van der Waals surface area contributed by atoms with E-state index in [4.69, 9.17) is 0 Å². The normalized spacial score (nSPS) is 22.6. The van der Waals surface area contributed by atoms with Crippen LogP contribution < -0.4 is 5.32 Å². The molecule has 0 bridgehead atoms. The first kappa shape index (κ1) is 14.5. The SMILES string of the molecule is CCNC(C)C1CCCN(Cc2cc(C)nn2C)C1. The number of aryl methyl sites for hydroxylation is 2. The van der Waals surface area contributed by atoms with Gasteiger partial charge in [-0.05, 0) is 51.8 Å². The molecule has 2 unspecified atom stereocenters. The molecule has 0 aliphatic carbocycles. The van der Waals surface area contributed by atoms with Crippen LogP contribution in [-0.2, 0) is 13.6 Å². The van der Waals surface area contributed by atoms with Crippen LogP contribution in [-0.4, -0.2) is 40.4 Å². The first-order chi connectivity index (χ1) is 9.10. The van der Waals surface area contributed by atoms with Crippen molar-refractivity contribution >= 4 is 0 Å². The Morgan fingerprint density at radius 1 is 1.53 bits per heavy atom. The van der Waals surface area contributed by atoms with Crippen LogP contribution in [0.25, 0.3) is 0 Å². The molecule has 1 saturated heterocycles. The molecule has 0 aromatic carbocycles. The zero-order chi connectivity index (χ0) is 13.8. The summed E-state index contributed by atoms with van der Waals surface area (Å²) in [7, 11) is 2.05. The van der Waals surface area contributed by atoms with Crippen molar-refractivity contribution in [2.75, 3.05) is 19.6 Å². The molecular formula is C15H28N4. The van der Waals surface area contributed by atoms with Crippen LogP contribution in [0.4, 0.5) is 0 Å². The average molecular weight is 264 g/mol. The van der Waals surface area contributed by atoms with Gasteiger partial charge >= 0.3 is 0 Å². The lowest BCUT2D eigenvalue weighted by molar-refractivity contribution is 0.142. The second kappa shape index (κ2) is 6.53. The van der Waals surface area contributed by atoms with Crippen molar-refractivity contribution in [3.63, 3.8) is 0 Å². The summed E-state index contributed by atoms with van der Waals surface area (Å²) in [4.78, 5) is 2.58. The summed E-state index contributed by atoms with van der Waals surface area (Å²) >= 11 is 0. The van der Waals surface area contributed by atoms with Gasteiger partial charge in [-0.15, -0.1) is 0 Å². The van der Waals surface area contributed by atoms with Gasteiger partial charge in [-0.25, -0.2) is 0 Å². The Hall–Kier alpha value is -0.870. The number of rotatable bonds is 5. The van der Waals surface area contributed by atoms with Crippen molar-refractivity contribution in [2.24, 2.45) is 13.0 Å². The molecule has 0 spiro atoms. The molecule has 1 fully saturated rings. The Morgan fingerprint density at radius 3 is 2.95 bits per heavy atom. The number of piperidine rings is 1. The summed E-state index contributed by atoms with van der Waals surface area (Å²) in [5, 5.41) is 8.01. The second-order valence-corrected chi connectivity index (χ2v) is 5.88. The highest BCUT2D eigenvalue weighted by Crippen LogP contribution is 2.21. The predicted molar refractivity (Wildman–Crippen MR) is 79.1 cm³/mol. The molecule has 1 aliphatic heterocycles. The third-order valence-electron chi connectivity index (χ3n) is 4.26. The number of hydrogen-bond donors (Lipinski definition) is 1. The molecule has 1 aliphatic rings. The van der Waals surface area contributed by atoms with E-state index in [-0.39, 0.29) is 0 Å². The highest BCUT2D eigenvalue weighted by atomic mass is 15.3. The smallest absolute Gasteiger partial charge is 0.0597 e. The Bertz CT molecular complexity index is 399. The minimum atomic E-state index is 0.626. The largest absolute Gasteiger partial charge is 0.314 e. The highest BCUT2D eigenvalue weighted by molar-refractivity contribution is 5.08. The average Bonchev–Trinajstić information content (AvgIpc) is 2.68. The van der Waals surface area contributed by atoms with E-state index in [1.807, 2.05) is 11.7 Å². The van der Waals surface area contributed by atoms with Crippen molar-refractivity contribution in [3.8, 4) is 0 Å². The predicted octanol–water partition coefficient (Wildman–Crippen LogP) is 1.94. The molecule has 1 aromatic heterocycles. The van der Waals surface area contributed by atoms with Crippen LogP contribution in [0.3, 0.4) is 0 Å². The topological polar surface area (TPSA) is 33.1 Å². The fourth-order valence-corrected chi connectivity index (χ4v) is 3.17. The molecule has 2 heterocycles. The van der Waals surface area contributed by atoms with Gasteiger partial charge in [0.15, 0.2) is 0 Å². The van der Waals surface area contributed by atoms with Gasteiger partial charge in [0.05, 0.1) is 11.4 Å². The van der Waals surface area contributed by atoms with E-state index in [2.05, 4.69) is 42.2 Å². The summed E-state index contributed by atoms with van der Waals surface area (Å²) in [5.74, 6) is 0.781. The Kier molecular flexibility index (Phi) is 4.99. The van der Waals surface area contributed by atoms with E-state index in [9.17, 15) is 0 Å². The van der Waals surface area contributed by atoms with Crippen LogP contribution in [0.15, 0.2) is 6.07 Å². The molecule has 2 rings (SSSR count). The van der Waals surface area contributed by atoms with Crippen molar-refractivity contribution in [1.29, 1.82) is 0 Å². The lowest BCUT2D eigenvalue weighted by Crippen LogP contribution is -2.44.